The summed E-state index contributed by atoms with van der Waals surface area (Å²) in [4.78, 5) is 48.2. The molecule has 1 aliphatic rings. The number of benzene rings is 2. The highest BCUT2D eigenvalue weighted by molar-refractivity contribution is 6.05. The van der Waals surface area contributed by atoms with Crippen LogP contribution in [-0.4, -0.2) is 25.3 Å². The largest absolute Gasteiger partial charge is 0.330 e. The van der Waals surface area contributed by atoms with Crippen LogP contribution >= 0.6 is 0 Å². The Kier molecular flexibility index (Phi) is 5.40. The molecular weight excluding hydrogens is 428 g/mol. The fourth-order valence-corrected chi connectivity index (χ4v) is 4.67. The molecule has 7 heteroatoms. The van der Waals surface area contributed by atoms with Crippen molar-refractivity contribution in [2.24, 2.45) is 0 Å². The zero-order valence-electron chi connectivity index (χ0n) is 19.5. The van der Waals surface area contributed by atoms with Crippen molar-refractivity contribution in [3.05, 3.63) is 97.8 Å². The number of carbonyl (C=O) groups excluding carboxylic acids is 1. The van der Waals surface area contributed by atoms with Gasteiger partial charge in [0, 0.05) is 25.3 Å². The third-order valence-corrected chi connectivity index (χ3v) is 6.44. The number of H-pyrrole nitrogens is 1. The van der Waals surface area contributed by atoms with Gasteiger partial charge in [0.25, 0.3) is 11.5 Å². The fourth-order valence-electron chi connectivity index (χ4n) is 4.67. The Labute approximate surface area is 196 Å². The maximum Gasteiger partial charge on any atom is 0.329 e. The van der Waals surface area contributed by atoms with Crippen LogP contribution in [0.2, 0.25) is 0 Å². The molecule has 172 valence electrons. The molecule has 4 aromatic rings. The van der Waals surface area contributed by atoms with Crippen LogP contribution in [-0.2, 0) is 19.6 Å². The van der Waals surface area contributed by atoms with Crippen LogP contribution in [0.1, 0.15) is 53.9 Å². The summed E-state index contributed by atoms with van der Waals surface area (Å²) in [6.45, 7) is 6.92. The normalized spacial score (nSPS) is 13.0. The van der Waals surface area contributed by atoms with E-state index in [1.54, 1.807) is 11.0 Å². The number of nitrogens with zero attached hydrogens (tertiary/aromatic N) is 3. The topological polar surface area (TPSA) is 88.1 Å². The summed E-state index contributed by atoms with van der Waals surface area (Å²) < 4.78 is 1.41. The standard InChI is InChI=1S/C27H26N4O3/c1-4-31-24-23(25(32)29-27(31)34)21(13-22(28-24)16(2)3)26(33)30-14-17-9-5-7-11-19(17)20-12-8-6-10-18(20)15-30/h5-13,16H,4,14-15H2,1-3H3,(H,29,32,34). The van der Waals surface area contributed by atoms with Crippen LogP contribution < -0.4 is 11.2 Å². The molecule has 0 aliphatic carbocycles. The van der Waals surface area contributed by atoms with Crippen molar-refractivity contribution in [3.63, 3.8) is 0 Å². The van der Waals surface area contributed by atoms with Crippen LogP contribution in [0.4, 0.5) is 0 Å². The molecule has 2 aromatic carbocycles. The minimum Gasteiger partial charge on any atom is -0.330 e. The van der Waals surface area contributed by atoms with Crippen molar-refractivity contribution in [1.82, 2.24) is 19.4 Å². The monoisotopic (exact) mass is 454 g/mol. The summed E-state index contributed by atoms with van der Waals surface area (Å²) in [6.07, 6.45) is 0. The van der Waals surface area contributed by atoms with Gasteiger partial charge in [0.15, 0.2) is 5.65 Å². The number of fused-ring (bicyclic) bond motifs is 4. The molecule has 2 aromatic heterocycles. The van der Waals surface area contributed by atoms with Gasteiger partial charge < -0.3 is 4.90 Å². The van der Waals surface area contributed by atoms with Gasteiger partial charge in [-0.15, -0.1) is 0 Å². The van der Waals surface area contributed by atoms with E-state index in [0.717, 1.165) is 22.3 Å². The van der Waals surface area contributed by atoms with Gasteiger partial charge >= 0.3 is 5.69 Å². The number of rotatable bonds is 3. The van der Waals surface area contributed by atoms with E-state index < -0.39 is 11.2 Å². The summed E-state index contributed by atoms with van der Waals surface area (Å²) in [7, 11) is 0. The molecule has 1 amide bonds. The van der Waals surface area contributed by atoms with E-state index in [9.17, 15) is 14.4 Å². The number of aromatic amines is 1. The number of hydrogen-bond acceptors (Lipinski definition) is 4. The average molecular weight is 455 g/mol. The molecule has 1 N–H and O–H groups in total. The second kappa shape index (κ2) is 8.41. The first-order valence-electron chi connectivity index (χ1n) is 11.5. The van der Waals surface area contributed by atoms with Gasteiger partial charge in [0.1, 0.15) is 0 Å². The maximum absolute atomic E-state index is 14.1. The lowest BCUT2D eigenvalue weighted by Crippen LogP contribution is -2.34. The van der Waals surface area contributed by atoms with E-state index in [4.69, 9.17) is 0 Å². The third kappa shape index (κ3) is 3.53. The summed E-state index contributed by atoms with van der Waals surface area (Å²) in [5, 5.41) is 0.154. The second-order valence-corrected chi connectivity index (χ2v) is 8.93. The summed E-state index contributed by atoms with van der Waals surface area (Å²) in [5.41, 5.74) is 4.37. The summed E-state index contributed by atoms with van der Waals surface area (Å²) >= 11 is 0. The fraction of sp³-hybridized carbons (Fsp3) is 0.259. The zero-order chi connectivity index (χ0) is 24.0. The van der Waals surface area contributed by atoms with Crippen LogP contribution in [0.25, 0.3) is 22.2 Å². The molecule has 0 unspecified atom stereocenters. The molecule has 0 radical (unpaired) electrons. The highest BCUT2D eigenvalue weighted by Gasteiger charge is 2.27. The number of hydrogen-bond donors (Lipinski definition) is 1. The number of carbonyl (C=O) groups is 1. The van der Waals surface area contributed by atoms with Crippen molar-refractivity contribution in [2.75, 3.05) is 0 Å². The van der Waals surface area contributed by atoms with Crippen LogP contribution in [0.3, 0.4) is 0 Å². The molecule has 0 fully saturated rings. The number of nitrogens with one attached hydrogen (secondary N) is 1. The summed E-state index contributed by atoms with van der Waals surface area (Å²) in [5.74, 6) is -0.242. The molecular formula is C27H26N4O3. The van der Waals surface area contributed by atoms with E-state index in [2.05, 4.69) is 22.1 Å². The van der Waals surface area contributed by atoms with E-state index in [1.165, 1.54) is 4.57 Å². The van der Waals surface area contributed by atoms with Gasteiger partial charge in [0.2, 0.25) is 0 Å². The number of pyridine rings is 1. The van der Waals surface area contributed by atoms with Gasteiger partial charge in [-0.2, -0.15) is 0 Å². The Bertz CT molecular complexity index is 1500. The quantitative estimate of drug-likeness (QED) is 0.506. The molecule has 34 heavy (non-hydrogen) atoms. The first kappa shape index (κ1) is 21.8. The Morgan fingerprint density at radius 1 is 1.00 bits per heavy atom. The van der Waals surface area contributed by atoms with E-state index in [1.807, 2.05) is 57.2 Å². The lowest BCUT2D eigenvalue weighted by Gasteiger charge is -2.23. The van der Waals surface area contributed by atoms with Crippen LogP contribution in [0.15, 0.2) is 64.2 Å². The number of amides is 1. The SMILES string of the molecule is CCn1c(=O)[nH]c(=O)c2c(C(=O)N3Cc4ccccc4-c4ccccc4C3)cc(C(C)C)nc21. The lowest BCUT2D eigenvalue weighted by atomic mass is 9.97. The lowest BCUT2D eigenvalue weighted by molar-refractivity contribution is 0.0734. The van der Waals surface area contributed by atoms with E-state index >= 15 is 0 Å². The predicted octanol–water partition coefficient (Wildman–Crippen LogP) is 4.05. The Morgan fingerprint density at radius 3 is 2.15 bits per heavy atom. The molecule has 0 atom stereocenters. The van der Waals surface area contributed by atoms with Crippen LogP contribution in [0.5, 0.6) is 0 Å². The smallest absolute Gasteiger partial charge is 0.329 e. The Balaban J connectivity index is 1.73. The van der Waals surface area contributed by atoms with Gasteiger partial charge in [0.05, 0.1) is 10.9 Å². The first-order valence-corrected chi connectivity index (χ1v) is 11.5. The van der Waals surface area contributed by atoms with Gasteiger partial charge in [-0.25, -0.2) is 9.78 Å². The van der Waals surface area contributed by atoms with Crippen LogP contribution in [0, 0.1) is 0 Å². The predicted molar refractivity (Wildman–Crippen MR) is 132 cm³/mol. The van der Waals surface area contributed by atoms with E-state index in [-0.39, 0.29) is 28.4 Å². The van der Waals surface area contributed by atoms with Crippen molar-refractivity contribution in [2.45, 2.75) is 46.3 Å². The maximum atomic E-state index is 14.1. The Hall–Kier alpha value is -4.00. The zero-order valence-corrected chi connectivity index (χ0v) is 19.5. The van der Waals surface area contributed by atoms with E-state index in [0.29, 0.717) is 25.3 Å². The Morgan fingerprint density at radius 2 is 1.59 bits per heavy atom. The number of aromatic nitrogens is 3. The molecule has 0 spiro atoms. The molecule has 7 nitrogen and oxygen atoms in total. The first-order chi connectivity index (χ1) is 16.4. The highest BCUT2D eigenvalue weighted by atomic mass is 16.2. The molecule has 0 saturated heterocycles. The summed E-state index contributed by atoms with van der Waals surface area (Å²) in [6, 6.07) is 17.9. The van der Waals surface area contributed by atoms with Crippen molar-refractivity contribution in [3.8, 4) is 11.1 Å². The highest BCUT2D eigenvalue weighted by Crippen LogP contribution is 2.33. The minimum absolute atomic E-state index is 0.0150. The van der Waals surface area contributed by atoms with Crippen molar-refractivity contribution >= 4 is 16.9 Å². The molecule has 0 saturated carbocycles. The molecule has 3 heterocycles. The molecule has 1 aliphatic heterocycles. The third-order valence-electron chi connectivity index (χ3n) is 6.44. The average Bonchev–Trinajstić information content (AvgIpc) is 3.00. The number of aryl methyl sites for hydroxylation is 1. The van der Waals surface area contributed by atoms with Gasteiger partial charge in [-0.05, 0) is 41.2 Å². The van der Waals surface area contributed by atoms with Gasteiger partial charge in [-0.3, -0.25) is 19.1 Å². The van der Waals surface area contributed by atoms with Crippen molar-refractivity contribution in [1.29, 1.82) is 0 Å². The minimum atomic E-state index is -0.591. The van der Waals surface area contributed by atoms with Crippen molar-refractivity contribution < 1.29 is 4.79 Å². The molecule has 0 bridgehead atoms. The molecule has 5 rings (SSSR count). The second-order valence-electron chi connectivity index (χ2n) is 8.93. The van der Waals surface area contributed by atoms with Gasteiger partial charge in [-0.1, -0.05) is 62.4 Å².